The number of hydrogen-bond donors (Lipinski definition) is 4. The molecule has 5 N–H and O–H groups in total. The highest BCUT2D eigenvalue weighted by molar-refractivity contribution is 6.04. The van der Waals surface area contributed by atoms with Gasteiger partial charge in [-0.15, -0.1) is 0 Å². The van der Waals surface area contributed by atoms with E-state index in [-0.39, 0.29) is 40.7 Å². The molecule has 2 rings (SSSR count). The average molecular weight is 342 g/mol. The third-order valence-electron chi connectivity index (χ3n) is 3.64. The van der Waals surface area contributed by atoms with Crippen LogP contribution in [-0.4, -0.2) is 33.9 Å². The monoisotopic (exact) mass is 342 g/mol. The number of nitrogens with one attached hydrogen (secondary N) is 1. The van der Waals surface area contributed by atoms with Gasteiger partial charge in [0.2, 0.25) is 5.91 Å². The Labute approximate surface area is 144 Å². The molecule has 0 spiro atoms. The number of amides is 1. The molecule has 7 heteroatoms. The van der Waals surface area contributed by atoms with Crippen molar-refractivity contribution >= 4 is 23.3 Å². The zero-order valence-corrected chi connectivity index (χ0v) is 13.5. The van der Waals surface area contributed by atoms with Gasteiger partial charge in [-0.2, -0.15) is 0 Å². The molecule has 0 heterocycles. The van der Waals surface area contributed by atoms with Crippen LogP contribution in [0, 0.1) is 0 Å². The van der Waals surface area contributed by atoms with Crippen LogP contribution in [0.1, 0.15) is 33.2 Å². The zero-order valence-electron chi connectivity index (χ0n) is 13.5. The standard InChI is InChI=1S/C18H18N2O5/c1-10(21)20-16(8-11-2-5-13(22)6-3-11)17(23)12-4-7-14(18(24)25)15(19)9-12/h2-7,9,16,22H,8,19H2,1H3,(H,20,21)(H,24,25)/t16-/m0/s1. The topological polar surface area (TPSA) is 130 Å². The van der Waals surface area contributed by atoms with Gasteiger partial charge in [0.25, 0.3) is 0 Å². The second kappa shape index (κ2) is 7.48. The van der Waals surface area contributed by atoms with Gasteiger partial charge in [-0.3, -0.25) is 9.59 Å². The van der Waals surface area contributed by atoms with E-state index in [4.69, 9.17) is 10.8 Å². The molecule has 1 amide bonds. The maximum Gasteiger partial charge on any atom is 0.337 e. The van der Waals surface area contributed by atoms with E-state index in [9.17, 15) is 19.5 Å². The second-order valence-electron chi connectivity index (χ2n) is 5.60. The lowest BCUT2D eigenvalue weighted by atomic mass is 9.96. The lowest BCUT2D eigenvalue weighted by molar-refractivity contribution is -0.119. The van der Waals surface area contributed by atoms with Crippen molar-refractivity contribution < 1.29 is 24.6 Å². The first-order valence-corrected chi connectivity index (χ1v) is 7.50. The summed E-state index contributed by atoms with van der Waals surface area (Å²) in [6.07, 6.45) is 0.222. The summed E-state index contributed by atoms with van der Waals surface area (Å²) in [7, 11) is 0. The maximum absolute atomic E-state index is 12.7. The first-order valence-electron chi connectivity index (χ1n) is 7.50. The molecule has 0 fully saturated rings. The highest BCUT2D eigenvalue weighted by atomic mass is 16.4. The number of Topliss-reactive ketones (excluding diaryl/α,β-unsaturated/α-hetero) is 1. The van der Waals surface area contributed by atoms with E-state index in [0.29, 0.717) is 0 Å². The molecule has 130 valence electrons. The number of carboxylic acids is 1. The largest absolute Gasteiger partial charge is 0.508 e. The van der Waals surface area contributed by atoms with E-state index >= 15 is 0 Å². The molecule has 0 aliphatic heterocycles. The Bertz CT molecular complexity index is 815. The van der Waals surface area contributed by atoms with Gasteiger partial charge in [-0.1, -0.05) is 18.2 Å². The SMILES string of the molecule is CC(=O)N[C@@H](Cc1ccc(O)cc1)C(=O)c1ccc(C(=O)O)c(N)c1. The van der Waals surface area contributed by atoms with Gasteiger partial charge in [0.1, 0.15) is 5.75 Å². The lowest BCUT2D eigenvalue weighted by Gasteiger charge is -2.17. The second-order valence-corrected chi connectivity index (χ2v) is 5.60. The molecule has 0 saturated heterocycles. The number of rotatable bonds is 6. The molecule has 0 aliphatic rings. The maximum atomic E-state index is 12.7. The van der Waals surface area contributed by atoms with Crippen LogP contribution >= 0.6 is 0 Å². The van der Waals surface area contributed by atoms with Gasteiger partial charge in [0.15, 0.2) is 5.78 Å². The number of carboxylic acid groups (broad SMARTS) is 1. The van der Waals surface area contributed by atoms with E-state index in [1.54, 1.807) is 12.1 Å². The fraction of sp³-hybridized carbons (Fsp3) is 0.167. The Morgan fingerprint density at radius 3 is 2.28 bits per heavy atom. The summed E-state index contributed by atoms with van der Waals surface area (Å²) in [5.41, 5.74) is 6.53. The molecule has 0 saturated carbocycles. The Kier molecular flexibility index (Phi) is 5.38. The minimum absolute atomic E-state index is 0.0236. The Morgan fingerprint density at radius 1 is 1.12 bits per heavy atom. The van der Waals surface area contributed by atoms with Crippen LogP contribution in [0.4, 0.5) is 5.69 Å². The van der Waals surface area contributed by atoms with Gasteiger partial charge in [0.05, 0.1) is 11.6 Å². The van der Waals surface area contributed by atoms with Crippen LogP contribution < -0.4 is 11.1 Å². The number of hydrogen-bond acceptors (Lipinski definition) is 5. The summed E-state index contributed by atoms with van der Waals surface area (Å²) in [5.74, 6) is -1.83. The van der Waals surface area contributed by atoms with E-state index in [2.05, 4.69) is 5.32 Å². The molecule has 1 atom stereocenters. The number of carbonyl (C=O) groups excluding carboxylic acids is 2. The smallest absolute Gasteiger partial charge is 0.337 e. The molecule has 0 bridgehead atoms. The first kappa shape index (κ1) is 18.0. The highest BCUT2D eigenvalue weighted by Gasteiger charge is 2.22. The van der Waals surface area contributed by atoms with E-state index in [1.807, 2.05) is 0 Å². The van der Waals surface area contributed by atoms with E-state index < -0.39 is 12.0 Å². The lowest BCUT2D eigenvalue weighted by Crippen LogP contribution is -2.41. The van der Waals surface area contributed by atoms with Gasteiger partial charge < -0.3 is 21.3 Å². The number of phenolic OH excluding ortho intramolecular Hbond substituents is 1. The summed E-state index contributed by atoms with van der Waals surface area (Å²) in [4.78, 5) is 35.2. The fourth-order valence-electron chi connectivity index (χ4n) is 2.43. The molecule has 0 aromatic heterocycles. The molecule has 2 aromatic carbocycles. The van der Waals surface area contributed by atoms with Crippen LogP contribution in [-0.2, 0) is 11.2 Å². The number of nitrogens with two attached hydrogens (primary N) is 1. The molecular weight excluding hydrogens is 324 g/mol. The molecule has 7 nitrogen and oxygen atoms in total. The summed E-state index contributed by atoms with van der Waals surface area (Å²) in [5, 5.41) is 20.9. The molecule has 0 unspecified atom stereocenters. The predicted molar refractivity (Wildman–Crippen MR) is 91.6 cm³/mol. The molecule has 0 aliphatic carbocycles. The van der Waals surface area contributed by atoms with Crippen LogP contribution in [0.15, 0.2) is 42.5 Å². The highest BCUT2D eigenvalue weighted by Crippen LogP contribution is 2.18. The van der Waals surface area contributed by atoms with Gasteiger partial charge in [0, 0.05) is 24.6 Å². The molecular formula is C18H18N2O5. The van der Waals surface area contributed by atoms with Crippen molar-refractivity contribution in [1.29, 1.82) is 0 Å². The van der Waals surface area contributed by atoms with Crippen molar-refractivity contribution in [1.82, 2.24) is 5.32 Å². The summed E-state index contributed by atoms with van der Waals surface area (Å²) in [6, 6.07) is 9.37. The third kappa shape index (κ3) is 4.57. The summed E-state index contributed by atoms with van der Waals surface area (Å²) < 4.78 is 0. The predicted octanol–water partition coefficient (Wildman–Crippen LogP) is 1.60. The summed E-state index contributed by atoms with van der Waals surface area (Å²) >= 11 is 0. The Balaban J connectivity index is 2.28. The minimum Gasteiger partial charge on any atom is -0.508 e. The van der Waals surface area contributed by atoms with Crippen LogP contribution in [0.2, 0.25) is 0 Å². The number of anilines is 1. The Hall–Kier alpha value is -3.35. The van der Waals surface area contributed by atoms with Gasteiger partial charge in [-0.25, -0.2) is 4.79 Å². The van der Waals surface area contributed by atoms with Crippen LogP contribution in [0.5, 0.6) is 5.75 Å². The number of phenols is 1. The zero-order chi connectivity index (χ0) is 18.6. The van der Waals surface area contributed by atoms with Crippen molar-refractivity contribution in [3.63, 3.8) is 0 Å². The molecule has 2 aromatic rings. The number of carbonyl (C=O) groups is 3. The number of aromatic carboxylic acids is 1. The van der Waals surface area contributed by atoms with Crippen molar-refractivity contribution in [2.24, 2.45) is 0 Å². The van der Waals surface area contributed by atoms with E-state index in [1.165, 1.54) is 37.3 Å². The number of aromatic hydroxyl groups is 1. The number of ketones is 1. The van der Waals surface area contributed by atoms with Crippen molar-refractivity contribution in [2.45, 2.75) is 19.4 Å². The summed E-state index contributed by atoms with van der Waals surface area (Å²) in [6.45, 7) is 1.30. The molecule has 0 radical (unpaired) electrons. The number of nitrogen functional groups attached to an aromatic ring is 1. The van der Waals surface area contributed by atoms with E-state index in [0.717, 1.165) is 5.56 Å². The Morgan fingerprint density at radius 2 is 1.76 bits per heavy atom. The minimum atomic E-state index is -1.18. The van der Waals surface area contributed by atoms with Crippen LogP contribution in [0.3, 0.4) is 0 Å². The normalized spacial score (nSPS) is 11.6. The fourth-order valence-corrected chi connectivity index (χ4v) is 2.43. The molecule has 25 heavy (non-hydrogen) atoms. The van der Waals surface area contributed by atoms with Crippen molar-refractivity contribution in [2.75, 3.05) is 5.73 Å². The average Bonchev–Trinajstić information content (AvgIpc) is 2.54. The van der Waals surface area contributed by atoms with Crippen molar-refractivity contribution in [3.8, 4) is 5.75 Å². The van der Waals surface area contributed by atoms with Crippen LogP contribution in [0.25, 0.3) is 0 Å². The first-order chi connectivity index (χ1) is 11.8. The van der Waals surface area contributed by atoms with Gasteiger partial charge in [-0.05, 0) is 29.8 Å². The number of benzene rings is 2. The van der Waals surface area contributed by atoms with Gasteiger partial charge >= 0.3 is 5.97 Å². The third-order valence-corrected chi connectivity index (χ3v) is 3.64. The van der Waals surface area contributed by atoms with Crippen molar-refractivity contribution in [3.05, 3.63) is 59.2 Å². The quantitative estimate of drug-likeness (QED) is 0.466.